The number of aliphatic carboxylic acids is 1. The summed E-state index contributed by atoms with van der Waals surface area (Å²) in [4.78, 5) is 26.0. The first-order valence-corrected chi connectivity index (χ1v) is 11.5. The van der Waals surface area contributed by atoms with E-state index in [0.29, 0.717) is 12.5 Å². The molecule has 0 saturated heterocycles. The van der Waals surface area contributed by atoms with Gasteiger partial charge in [-0.25, -0.2) is 9.59 Å². The molecular formula is C26H31NO5. The van der Waals surface area contributed by atoms with E-state index in [2.05, 4.69) is 24.3 Å². The molecule has 2 aromatic carbocycles. The van der Waals surface area contributed by atoms with Gasteiger partial charge in [0.25, 0.3) is 0 Å². The maximum Gasteiger partial charge on any atom is 0.410 e. The van der Waals surface area contributed by atoms with E-state index in [1.165, 1.54) is 17.7 Å². The number of rotatable bonds is 9. The largest absolute Gasteiger partial charge is 0.480 e. The van der Waals surface area contributed by atoms with Crippen molar-refractivity contribution in [2.45, 2.75) is 44.6 Å². The minimum absolute atomic E-state index is 0.0239. The fraction of sp³-hybridized carbons (Fsp3) is 0.462. The Morgan fingerprint density at radius 2 is 1.59 bits per heavy atom. The van der Waals surface area contributed by atoms with Crippen molar-refractivity contribution in [3.63, 3.8) is 0 Å². The molecule has 170 valence electrons. The highest BCUT2D eigenvalue weighted by atomic mass is 16.6. The summed E-state index contributed by atoms with van der Waals surface area (Å²) >= 11 is 0. The molecule has 1 amide bonds. The van der Waals surface area contributed by atoms with Crippen LogP contribution >= 0.6 is 0 Å². The summed E-state index contributed by atoms with van der Waals surface area (Å²) in [5.41, 5.74) is 4.55. The summed E-state index contributed by atoms with van der Waals surface area (Å²) in [6, 6.07) is 15.2. The summed E-state index contributed by atoms with van der Waals surface area (Å²) in [5.74, 6) is -0.646. The SMILES string of the molecule is CCN(C(=O)OCC1c2ccccc2-c2ccccc21)[C@@H](COCC1CCCC1)C(=O)O. The van der Waals surface area contributed by atoms with Gasteiger partial charge in [-0.05, 0) is 47.9 Å². The molecule has 0 radical (unpaired) electrons. The zero-order valence-corrected chi connectivity index (χ0v) is 18.5. The second-order valence-corrected chi connectivity index (χ2v) is 8.63. The van der Waals surface area contributed by atoms with Crippen LogP contribution in [0.4, 0.5) is 4.79 Å². The van der Waals surface area contributed by atoms with Crippen molar-refractivity contribution in [2.75, 3.05) is 26.4 Å². The first-order chi connectivity index (χ1) is 15.6. The predicted molar refractivity (Wildman–Crippen MR) is 122 cm³/mol. The van der Waals surface area contributed by atoms with Gasteiger partial charge in [-0.15, -0.1) is 0 Å². The fourth-order valence-electron chi connectivity index (χ4n) is 4.97. The van der Waals surface area contributed by atoms with Gasteiger partial charge in [-0.2, -0.15) is 0 Å². The summed E-state index contributed by atoms with van der Waals surface area (Å²) in [6.07, 6.45) is 4.05. The monoisotopic (exact) mass is 437 g/mol. The number of carbonyl (C=O) groups excluding carboxylic acids is 1. The van der Waals surface area contributed by atoms with Gasteiger partial charge >= 0.3 is 12.1 Å². The van der Waals surface area contributed by atoms with Crippen molar-refractivity contribution in [1.82, 2.24) is 4.90 Å². The molecule has 0 aromatic heterocycles. The predicted octanol–water partition coefficient (Wildman–Crippen LogP) is 4.92. The lowest BCUT2D eigenvalue weighted by molar-refractivity contribution is -0.145. The molecule has 1 fully saturated rings. The minimum atomic E-state index is -1.08. The molecule has 0 aliphatic heterocycles. The van der Waals surface area contributed by atoms with Crippen LogP contribution < -0.4 is 0 Å². The zero-order chi connectivity index (χ0) is 22.5. The lowest BCUT2D eigenvalue weighted by Gasteiger charge is -2.28. The molecule has 2 aliphatic rings. The number of carboxylic acids is 1. The molecule has 1 atom stereocenters. The van der Waals surface area contributed by atoms with E-state index in [9.17, 15) is 14.7 Å². The average molecular weight is 438 g/mol. The minimum Gasteiger partial charge on any atom is -0.480 e. The molecule has 0 spiro atoms. The molecular weight excluding hydrogens is 406 g/mol. The standard InChI is InChI=1S/C26H31NO5/c1-2-27(24(25(28)29)17-31-15-18-9-3-4-10-18)26(30)32-16-23-21-13-7-5-11-19(21)20-12-6-8-14-22(20)23/h5-8,11-14,18,23-24H,2-4,9-10,15-17H2,1H3,(H,28,29)/t24-/m0/s1. The highest BCUT2D eigenvalue weighted by Crippen LogP contribution is 2.44. The normalized spacial score (nSPS) is 16.4. The summed E-state index contributed by atoms with van der Waals surface area (Å²) in [7, 11) is 0. The third-order valence-corrected chi connectivity index (χ3v) is 6.68. The van der Waals surface area contributed by atoms with E-state index in [-0.39, 0.29) is 25.7 Å². The lowest BCUT2D eigenvalue weighted by Crippen LogP contribution is -2.48. The van der Waals surface area contributed by atoms with E-state index in [0.717, 1.165) is 35.1 Å². The van der Waals surface area contributed by atoms with Gasteiger partial charge in [-0.3, -0.25) is 4.90 Å². The second-order valence-electron chi connectivity index (χ2n) is 8.63. The topological polar surface area (TPSA) is 76.1 Å². The van der Waals surface area contributed by atoms with Crippen LogP contribution in [-0.4, -0.2) is 54.5 Å². The molecule has 0 unspecified atom stereocenters. The first-order valence-electron chi connectivity index (χ1n) is 11.5. The second kappa shape index (κ2) is 10.2. The van der Waals surface area contributed by atoms with Gasteiger partial charge < -0.3 is 14.6 Å². The molecule has 0 heterocycles. The lowest BCUT2D eigenvalue weighted by atomic mass is 9.98. The van der Waals surface area contributed by atoms with Crippen LogP contribution in [0.25, 0.3) is 11.1 Å². The molecule has 6 heteroatoms. The van der Waals surface area contributed by atoms with Crippen LogP contribution in [0.5, 0.6) is 0 Å². The highest BCUT2D eigenvalue weighted by molar-refractivity contribution is 5.81. The van der Waals surface area contributed by atoms with E-state index in [1.807, 2.05) is 24.3 Å². The van der Waals surface area contributed by atoms with Crippen LogP contribution in [0, 0.1) is 5.92 Å². The molecule has 1 saturated carbocycles. The molecule has 32 heavy (non-hydrogen) atoms. The average Bonchev–Trinajstić information content (AvgIpc) is 3.43. The first kappa shape index (κ1) is 22.3. The van der Waals surface area contributed by atoms with E-state index < -0.39 is 18.1 Å². The van der Waals surface area contributed by atoms with E-state index >= 15 is 0 Å². The van der Waals surface area contributed by atoms with Crippen LogP contribution in [0.3, 0.4) is 0 Å². The van der Waals surface area contributed by atoms with Crippen molar-refractivity contribution in [2.24, 2.45) is 5.92 Å². The maximum atomic E-state index is 12.9. The van der Waals surface area contributed by atoms with Crippen molar-refractivity contribution >= 4 is 12.1 Å². The number of likely N-dealkylation sites (N-methyl/N-ethyl adjacent to an activating group) is 1. The Morgan fingerprint density at radius 1 is 1.00 bits per heavy atom. The summed E-state index contributed by atoms with van der Waals surface area (Å²) in [6.45, 7) is 2.68. The quantitative estimate of drug-likeness (QED) is 0.603. The van der Waals surface area contributed by atoms with Crippen LogP contribution in [0.15, 0.2) is 48.5 Å². The number of hydrogen-bond donors (Lipinski definition) is 1. The zero-order valence-electron chi connectivity index (χ0n) is 18.5. The number of carboxylic acid groups (broad SMARTS) is 1. The third-order valence-electron chi connectivity index (χ3n) is 6.68. The van der Waals surface area contributed by atoms with Gasteiger partial charge in [-0.1, -0.05) is 61.4 Å². The maximum absolute atomic E-state index is 12.9. The van der Waals surface area contributed by atoms with Gasteiger partial charge in [0.1, 0.15) is 6.61 Å². The van der Waals surface area contributed by atoms with Gasteiger partial charge in [0, 0.05) is 19.1 Å². The van der Waals surface area contributed by atoms with Crippen LogP contribution in [0.1, 0.15) is 49.7 Å². The Kier molecular flexibility index (Phi) is 7.10. The number of nitrogens with zero attached hydrogens (tertiary/aromatic N) is 1. The van der Waals surface area contributed by atoms with Gasteiger partial charge in [0.15, 0.2) is 6.04 Å². The number of benzene rings is 2. The number of carbonyl (C=O) groups is 2. The molecule has 0 bridgehead atoms. The highest BCUT2D eigenvalue weighted by Gasteiger charge is 2.33. The molecule has 2 aromatic rings. The van der Waals surface area contributed by atoms with Crippen LogP contribution in [-0.2, 0) is 14.3 Å². The van der Waals surface area contributed by atoms with E-state index in [1.54, 1.807) is 6.92 Å². The molecule has 4 rings (SSSR count). The van der Waals surface area contributed by atoms with Crippen molar-refractivity contribution < 1.29 is 24.2 Å². The Labute approximate surface area is 189 Å². The summed E-state index contributed by atoms with van der Waals surface area (Å²) < 4.78 is 11.4. The fourth-order valence-corrected chi connectivity index (χ4v) is 4.97. The Hall–Kier alpha value is -2.86. The smallest absolute Gasteiger partial charge is 0.410 e. The number of ether oxygens (including phenoxy) is 2. The van der Waals surface area contributed by atoms with E-state index in [4.69, 9.17) is 9.47 Å². The number of fused-ring (bicyclic) bond motifs is 3. The Balaban J connectivity index is 1.40. The van der Waals surface area contributed by atoms with Crippen molar-refractivity contribution in [3.8, 4) is 11.1 Å². The molecule has 2 aliphatic carbocycles. The molecule has 6 nitrogen and oxygen atoms in total. The van der Waals surface area contributed by atoms with Crippen molar-refractivity contribution in [1.29, 1.82) is 0 Å². The van der Waals surface area contributed by atoms with Crippen LogP contribution in [0.2, 0.25) is 0 Å². The third kappa shape index (κ3) is 4.65. The number of hydrogen-bond acceptors (Lipinski definition) is 4. The number of amides is 1. The Bertz CT molecular complexity index is 907. The Morgan fingerprint density at radius 3 is 2.16 bits per heavy atom. The van der Waals surface area contributed by atoms with Crippen molar-refractivity contribution in [3.05, 3.63) is 59.7 Å². The van der Waals surface area contributed by atoms with Gasteiger partial charge in [0.2, 0.25) is 0 Å². The molecule has 1 N–H and O–H groups in total. The van der Waals surface area contributed by atoms with Gasteiger partial charge in [0.05, 0.1) is 6.61 Å². The summed E-state index contributed by atoms with van der Waals surface area (Å²) in [5, 5.41) is 9.73.